The highest BCUT2D eigenvalue weighted by Crippen LogP contribution is 2.15. The quantitative estimate of drug-likeness (QED) is 0.349. The van der Waals surface area contributed by atoms with E-state index in [4.69, 9.17) is 4.74 Å². The van der Waals surface area contributed by atoms with Crippen LogP contribution in [0.1, 0.15) is 5.56 Å². The predicted molar refractivity (Wildman–Crippen MR) is 69.3 cm³/mol. The smallest absolute Gasteiger partial charge is 0.363 e. The monoisotopic (exact) mass is 243 g/mol. The molecule has 0 N–H and O–H groups in total. The van der Waals surface area contributed by atoms with Gasteiger partial charge >= 0.3 is 5.97 Å². The fraction of sp³-hybridized carbons (Fsp3) is 0.154. The molecule has 0 aromatic heterocycles. The number of cyclic esters (lactones) is 1. The van der Waals surface area contributed by atoms with Crippen molar-refractivity contribution in [2.45, 2.75) is 0 Å². The molecule has 2 rings (SSSR count). The molecule has 5 nitrogen and oxygen atoms in total. The van der Waals surface area contributed by atoms with Crippen LogP contribution in [0.3, 0.4) is 0 Å². The highest BCUT2D eigenvalue weighted by atomic mass is 16.6. The van der Waals surface area contributed by atoms with Crippen molar-refractivity contribution in [3.8, 4) is 0 Å². The first-order valence-corrected chi connectivity index (χ1v) is 5.44. The lowest BCUT2D eigenvalue weighted by Crippen LogP contribution is -2.05. The van der Waals surface area contributed by atoms with Crippen molar-refractivity contribution in [2.75, 3.05) is 14.1 Å². The van der Waals surface area contributed by atoms with E-state index in [0.29, 0.717) is 5.90 Å². The van der Waals surface area contributed by atoms with Gasteiger partial charge in [-0.3, -0.25) is 0 Å². The van der Waals surface area contributed by atoms with Crippen LogP contribution in [0, 0.1) is 0 Å². The van der Waals surface area contributed by atoms with Crippen LogP contribution in [0.25, 0.3) is 0 Å². The van der Waals surface area contributed by atoms with E-state index in [9.17, 15) is 4.79 Å². The molecule has 1 aromatic rings. The SMILES string of the molecule is CN(C)N=C/C=C1\N=C(c2ccccc2)OC1=O. The third kappa shape index (κ3) is 2.82. The Bertz CT molecular complexity index is 530. The number of hydrogen-bond donors (Lipinski definition) is 0. The summed E-state index contributed by atoms with van der Waals surface area (Å²) in [5.74, 6) is -0.135. The van der Waals surface area contributed by atoms with Gasteiger partial charge in [-0.25, -0.2) is 9.79 Å². The van der Waals surface area contributed by atoms with Gasteiger partial charge in [-0.15, -0.1) is 0 Å². The van der Waals surface area contributed by atoms with Crippen molar-refractivity contribution in [1.29, 1.82) is 0 Å². The minimum atomic E-state index is -0.459. The Kier molecular flexibility index (Phi) is 3.52. The second-order valence-corrected chi connectivity index (χ2v) is 3.84. The van der Waals surface area contributed by atoms with Crippen LogP contribution >= 0.6 is 0 Å². The Morgan fingerprint density at radius 1 is 1.28 bits per heavy atom. The maximum absolute atomic E-state index is 11.6. The van der Waals surface area contributed by atoms with Crippen LogP contribution in [-0.4, -0.2) is 37.2 Å². The zero-order valence-corrected chi connectivity index (χ0v) is 10.2. The Hall–Kier alpha value is -2.43. The lowest BCUT2D eigenvalue weighted by molar-refractivity contribution is -0.130. The lowest BCUT2D eigenvalue weighted by atomic mass is 10.2. The van der Waals surface area contributed by atoms with E-state index in [1.807, 2.05) is 30.3 Å². The molecule has 1 aliphatic heterocycles. The fourth-order valence-corrected chi connectivity index (χ4v) is 1.36. The molecule has 1 aromatic carbocycles. The Labute approximate surface area is 105 Å². The van der Waals surface area contributed by atoms with E-state index in [1.54, 1.807) is 19.1 Å². The van der Waals surface area contributed by atoms with Crippen LogP contribution in [-0.2, 0) is 9.53 Å². The first-order valence-electron chi connectivity index (χ1n) is 5.44. The number of nitrogens with zero attached hydrogens (tertiary/aromatic N) is 3. The zero-order valence-electron chi connectivity index (χ0n) is 10.2. The number of hydrazone groups is 1. The first kappa shape index (κ1) is 12.0. The molecule has 1 heterocycles. The zero-order chi connectivity index (χ0) is 13.0. The molecule has 0 spiro atoms. The average Bonchev–Trinajstić information content (AvgIpc) is 2.72. The normalized spacial score (nSPS) is 17.1. The highest BCUT2D eigenvalue weighted by molar-refractivity contribution is 6.12. The van der Waals surface area contributed by atoms with E-state index < -0.39 is 5.97 Å². The second kappa shape index (κ2) is 5.27. The molecule has 5 heteroatoms. The van der Waals surface area contributed by atoms with Crippen molar-refractivity contribution in [3.63, 3.8) is 0 Å². The summed E-state index contributed by atoms with van der Waals surface area (Å²) in [7, 11) is 3.58. The highest BCUT2D eigenvalue weighted by Gasteiger charge is 2.23. The maximum atomic E-state index is 11.6. The summed E-state index contributed by atoms with van der Waals surface area (Å²) in [4.78, 5) is 15.7. The molecule has 0 bridgehead atoms. The molecule has 0 saturated carbocycles. The fourth-order valence-electron chi connectivity index (χ4n) is 1.36. The van der Waals surface area contributed by atoms with Crippen molar-refractivity contribution < 1.29 is 9.53 Å². The number of hydrogen-bond acceptors (Lipinski definition) is 5. The Balaban J connectivity index is 2.20. The van der Waals surface area contributed by atoms with Crippen molar-refractivity contribution in [1.82, 2.24) is 5.01 Å². The number of allylic oxidation sites excluding steroid dienone is 1. The summed E-state index contributed by atoms with van der Waals surface area (Å²) in [5.41, 5.74) is 1.03. The van der Waals surface area contributed by atoms with Gasteiger partial charge in [0.15, 0.2) is 5.70 Å². The molecule has 0 fully saturated rings. The van der Waals surface area contributed by atoms with Crippen LogP contribution in [0.15, 0.2) is 52.2 Å². The Morgan fingerprint density at radius 3 is 2.67 bits per heavy atom. The minimum absolute atomic E-state index is 0.249. The number of benzene rings is 1. The average molecular weight is 243 g/mol. The third-order valence-electron chi connectivity index (χ3n) is 2.17. The topological polar surface area (TPSA) is 54.3 Å². The van der Waals surface area contributed by atoms with Crippen LogP contribution in [0.5, 0.6) is 0 Å². The predicted octanol–water partition coefficient (Wildman–Crippen LogP) is 1.42. The third-order valence-corrected chi connectivity index (χ3v) is 2.17. The molecule has 0 amide bonds. The summed E-state index contributed by atoms with van der Waals surface area (Å²) in [6.07, 6.45) is 3.03. The van der Waals surface area contributed by atoms with Gasteiger partial charge in [0.1, 0.15) is 0 Å². The summed E-state index contributed by atoms with van der Waals surface area (Å²) in [5, 5.41) is 5.60. The van der Waals surface area contributed by atoms with E-state index in [0.717, 1.165) is 5.56 Å². The van der Waals surface area contributed by atoms with Gasteiger partial charge in [-0.1, -0.05) is 18.2 Å². The summed E-state index contributed by atoms with van der Waals surface area (Å²) in [6, 6.07) is 9.29. The maximum Gasteiger partial charge on any atom is 0.363 e. The van der Waals surface area contributed by atoms with Crippen molar-refractivity contribution in [2.24, 2.45) is 10.1 Å². The molecule has 0 atom stereocenters. The van der Waals surface area contributed by atoms with Gasteiger partial charge < -0.3 is 9.75 Å². The van der Waals surface area contributed by atoms with E-state index in [2.05, 4.69) is 10.1 Å². The van der Waals surface area contributed by atoms with Crippen LogP contribution < -0.4 is 0 Å². The largest absolute Gasteiger partial charge is 0.402 e. The number of esters is 1. The second-order valence-electron chi connectivity index (χ2n) is 3.84. The molecule has 18 heavy (non-hydrogen) atoms. The van der Waals surface area contributed by atoms with E-state index >= 15 is 0 Å². The molecule has 92 valence electrons. The number of aliphatic imine (C=N–C) groups is 1. The van der Waals surface area contributed by atoms with Gasteiger partial charge in [-0.2, -0.15) is 5.10 Å². The number of carbonyl (C=O) groups excluding carboxylic acids is 1. The van der Waals surface area contributed by atoms with Gasteiger partial charge in [0.2, 0.25) is 5.90 Å². The van der Waals surface area contributed by atoms with Gasteiger partial charge in [0.25, 0.3) is 0 Å². The summed E-state index contributed by atoms with van der Waals surface area (Å²) < 4.78 is 5.09. The summed E-state index contributed by atoms with van der Waals surface area (Å²) >= 11 is 0. The molecule has 0 radical (unpaired) electrons. The van der Waals surface area contributed by atoms with E-state index in [-0.39, 0.29) is 5.70 Å². The molecule has 0 unspecified atom stereocenters. The Morgan fingerprint density at radius 2 is 2.00 bits per heavy atom. The molecule has 0 aliphatic carbocycles. The van der Waals surface area contributed by atoms with Crippen molar-refractivity contribution in [3.05, 3.63) is 47.7 Å². The first-order chi connectivity index (χ1) is 8.66. The number of ether oxygens (including phenoxy) is 1. The minimum Gasteiger partial charge on any atom is -0.402 e. The standard InChI is InChI=1S/C13H13N3O2/c1-16(2)14-9-8-11-13(17)18-12(15-11)10-6-4-3-5-7-10/h3-9H,1-2H3/b11-8-,14-9?. The van der Waals surface area contributed by atoms with E-state index in [1.165, 1.54) is 12.3 Å². The number of carbonyl (C=O) groups is 1. The lowest BCUT2D eigenvalue weighted by Gasteiger charge is -1.99. The molecular formula is C13H13N3O2. The van der Waals surface area contributed by atoms with Crippen LogP contribution in [0.2, 0.25) is 0 Å². The van der Waals surface area contributed by atoms with Gasteiger partial charge in [0, 0.05) is 25.9 Å². The summed E-state index contributed by atoms with van der Waals surface area (Å²) in [6.45, 7) is 0. The van der Waals surface area contributed by atoms with Gasteiger partial charge in [-0.05, 0) is 18.2 Å². The number of rotatable bonds is 3. The van der Waals surface area contributed by atoms with Gasteiger partial charge in [0.05, 0.1) is 0 Å². The van der Waals surface area contributed by atoms with Crippen LogP contribution in [0.4, 0.5) is 0 Å². The molecular weight excluding hydrogens is 230 g/mol. The molecule has 0 saturated heterocycles. The molecule has 1 aliphatic rings. The van der Waals surface area contributed by atoms with Crippen molar-refractivity contribution >= 4 is 18.1 Å².